The van der Waals surface area contributed by atoms with Crippen molar-refractivity contribution in [1.29, 1.82) is 0 Å². The molecule has 0 saturated heterocycles. The minimum atomic E-state index is -4.57. The monoisotopic (exact) mass is 385 g/mol. The quantitative estimate of drug-likeness (QED) is 0.734. The number of ether oxygens (including phenoxy) is 2. The molecule has 1 amide bonds. The molecule has 2 rings (SSSR count). The second-order valence-electron chi connectivity index (χ2n) is 5.13. The van der Waals surface area contributed by atoms with Crippen LogP contribution in [-0.4, -0.2) is 20.1 Å². The van der Waals surface area contributed by atoms with Crippen molar-refractivity contribution in [2.24, 2.45) is 0 Å². The molecule has 0 heterocycles. The van der Waals surface area contributed by atoms with Crippen LogP contribution in [0.15, 0.2) is 42.5 Å². The van der Waals surface area contributed by atoms with Crippen molar-refractivity contribution < 1.29 is 27.4 Å². The van der Waals surface area contributed by atoms with Gasteiger partial charge in [-0.3, -0.25) is 4.79 Å². The van der Waals surface area contributed by atoms with Gasteiger partial charge in [-0.2, -0.15) is 13.2 Å². The molecule has 0 spiro atoms. The normalized spacial score (nSPS) is 11.5. The van der Waals surface area contributed by atoms with E-state index in [1.54, 1.807) is 18.2 Å². The molecule has 4 nitrogen and oxygen atoms in total. The third kappa shape index (κ3) is 4.92. The van der Waals surface area contributed by atoms with E-state index in [0.29, 0.717) is 17.2 Å². The van der Waals surface area contributed by atoms with Gasteiger partial charge in [0.1, 0.15) is 11.5 Å². The first-order chi connectivity index (χ1) is 12.2. The first kappa shape index (κ1) is 19.7. The van der Waals surface area contributed by atoms with Crippen LogP contribution >= 0.6 is 11.6 Å². The number of carbonyl (C=O) groups excluding carboxylic acids is 1. The standard InChI is InChI=1S/C18H15ClF3NO3/c1-25-12-5-7-16(26-2)15(10-12)23-17(24)8-4-11-3-6-14(19)13(9-11)18(20,21)22/h3-10H,1-2H3,(H,23,24)/b8-4+. The Labute approximate surface area is 153 Å². The van der Waals surface area contributed by atoms with Crippen LogP contribution in [0.5, 0.6) is 11.5 Å². The van der Waals surface area contributed by atoms with Gasteiger partial charge in [-0.1, -0.05) is 17.7 Å². The topological polar surface area (TPSA) is 47.6 Å². The minimum absolute atomic E-state index is 0.189. The highest BCUT2D eigenvalue weighted by molar-refractivity contribution is 6.31. The Morgan fingerprint density at radius 1 is 1.12 bits per heavy atom. The van der Waals surface area contributed by atoms with Crippen molar-refractivity contribution in [2.75, 3.05) is 19.5 Å². The number of halogens is 4. The van der Waals surface area contributed by atoms with Crippen LogP contribution < -0.4 is 14.8 Å². The minimum Gasteiger partial charge on any atom is -0.497 e. The molecule has 0 saturated carbocycles. The highest BCUT2D eigenvalue weighted by atomic mass is 35.5. The van der Waals surface area contributed by atoms with Gasteiger partial charge in [0.25, 0.3) is 0 Å². The summed E-state index contributed by atoms with van der Waals surface area (Å²) in [5.74, 6) is 0.385. The fourth-order valence-corrected chi connectivity index (χ4v) is 2.35. The highest BCUT2D eigenvalue weighted by Crippen LogP contribution is 2.35. The van der Waals surface area contributed by atoms with E-state index in [4.69, 9.17) is 21.1 Å². The summed E-state index contributed by atoms with van der Waals surface area (Å²) >= 11 is 5.56. The summed E-state index contributed by atoms with van der Waals surface area (Å²) < 4.78 is 48.8. The summed E-state index contributed by atoms with van der Waals surface area (Å²) in [7, 11) is 2.92. The Bertz CT molecular complexity index is 835. The summed E-state index contributed by atoms with van der Waals surface area (Å²) in [6.45, 7) is 0. The molecule has 0 bridgehead atoms. The van der Waals surface area contributed by atoms with E-state index in [9.17, 15) is 18.0 Å². The molecule has 0 unspecified atom stereocenters. The van der Waals surface area contributed by atoms with Gasteiger partial charge in [-0.25, -0.2) is 0 Å². The Balaban J connectivity index is 2.18. The SMILES string of the molecule is COc1ccc(OC)c(NC(=O)/C=C/c2ccc(Cl)c(C(F)(F)F)c2)c1. The lowest BCUT2D eigenvalue weighted by atomic mass is 10.1. The Morgan fingerprint density at radius 2 is 1.85 bits per heavy atom. The zero-order valence-electron chi connectivity index (χ0n) is 13.9. The van der Waals surface area contributed by atoms with E-state index >= 15 is 0 Å². The number of hydrogen-bond acceptors (Lipinski definition) is 3. The van der Waals surface area contributed by atoms with Crippen molar-refractivity contribution >= 4 is 29.3 Å². The van der Waals surface area contributed by atoms with E-state index in [-0.39, 0.29) is 5.56 Å². The fourth-order valence-electron chi connectivity index (χ4n) is 2.12. The van der Waals surface area contributed by atoms with Crippen molar-refractivity contribution in [1.82, 2.24) is 0 Å². The van der Waals surface area contributed by atoms with Crippen molar-refractivity contribution in [3.63, 3.8) is 0 Å². The number of amides is 1. The van der Waals surface area contributed by atoms with Crippen LogP contribution in [0.2, 0.25) is 5.02 Å². The smallest absolute Gasteiger partial charge is 0.417 e. The van der Waals surface area contributed by atoms with Crippen molar-refractivity contribution in [3.8, 4) is 11.5 Å². The molecule has 0 aliphatic rings. The molecule has 2 aromatic rings. The number of anilines is 1. The van der Waals surface area contributed by atoms with Gasteiger partial charge < -0.3 is 14.8 Å². The van der Waals surface area contributed by atoms with Gasteiger partial charge in [0, 0.05) is 12.1 Å². The number of nitrogens with one attached hydrogen (secondary N) is 1. The zero-order valence-corrected chi connectivity index (χ0v) is 14.6. The first-order valence-corrected chi connectivity index (χ1v) is 7.70. The maximum absolute atomic E-state index is 12.9. The average molecular weight is 386 g/mol. The van der Waals surface area contributed by atoms with Crippen LogP contribution in [0.25, 0.3) is 6.08 Å². The molecular formula is C18H15ClF3NO3. The summed E-state index contributed by atoms with van der Waals surface area (Å²) in [4.78, 5) is 12.1. The molecule has 0 atom stereocenters. The number of carbonyl (C=O) groups is 1. The Morgan fingerprint density at radius 3 is 2.46 bits per heavy atom. The Kier molecular flexibility index (Phi) is 6.15. The zero-order chi connectivity index (χ0) is 19.3. The van der Waals surface area contributed by atoms with E-state index < -0.39 is 22.7 Å². The molecule has 0 aliphatic carbocycles. The van der Waals surface area contributed by atoms with Gasteiger partial charge in [0.2, 0.25) is 5.91 Å². The maximum atomic E-state index is 12.9. The fraction of sp³-hybridized carbons (Fsp3) is 0.167. The first-order valence-electron chi connectivity index (χ1n) is 7.32. The number of rotatable bonds is 5. The van der Waals surface area contributed by atoms with E-state index in [1.165, 1.54) is 26.4 Å². The van der Waals surface area contributed by atoms with Crippen molar-refractivity contribution in [2.45, 2.75) is 6.18 Å². The van der Waals surface area contributed by atoms with Crippen LogP contribution in [0.4, 0.5) is 18.9 Å². The predicted octanol–water partition coefficient (Wildman–Crippen LogP) is 5.03. The molecule has 0 aliphatic heterocycles. The lowest BCUT2D eigenvalue weighted by Gasteiger charge is -2.11. The summed E-state index contributed by atoms with van der Waals surface area (Å²) in [6, 6.07) is 8.23. The third-order valence-corrected chi connectivity index (χ3v) is 3.72. The second-order valence-corrected chi connectivity index (χ2v) is 5.53. The molecule has 0 aromatic heterocycles. The molecule has 1 N–H and O–H groups in total. The summed E-state index contributed by atoms with van der Waals surface area (Å²) in [5, 5.41) is 2.18. The number of alkyl halides is 3. The van der Waals surface area contributed by atoms with Crippen LogP contribution in [0.3, 0.4) is 0 Å². The van der Waals surface area contributed by atoms with Gasteiger partial charge in [-0.15, -0.1) is 0 Å². The van der Waals surface area contributed by atoms with E-state index in [1.807, 2.05) is 0 Å². The number of benzene rings is 2. The summed E-state index contributed by atoms with van der Waals surface area (Å²) in [6.07, 6.45) is -2.20. The average Bonchev–Trinajstić information content (AvgIpc) is 2.60. The lowest BCUT2D eigenvalue weighted by molar-refractivity contribution is -0.137. The molecule has 0 fully saturated rings. The van der Waals surface area contributed by atoms with E-state index in [0.717, 1.165) is 18.2 Å². The van der Waals surface area contributed by atoms with Gasteiger partial charge in [-0.05, 0) is 35.9 Å². The summed E-state index contributed by atoms with van der Waals surface area (Å²) in [5.41, 5.74) is -0.403. The lowest BCUT2D eigenvalue weighted by Crippen LogP contribution is -2.09. The molecule has 8 heteroatoms. The maximum Gasteiger partial charge on any atom is 0.417 e. The molecule has 0 radical (unpaired) electrons. The molecule has 138 valence electrons. The highest BCUT2D eigenvalue weighted by Gasteiger charge is 2.33. The van der Waals surface area contributed by atoms with Gasteiger partial charge in [0.15, 0.2) is 0 Å². The molecular weight excluding hydrogens is 371 g/mol. The molecule has 26 heavy (non-hydrogen) atoms. The number of hydrogen-bond donors (Lipinski definition) is 1. The second kappa shape index (κ2) is 8.14. The van der Waals surface area contributed by atoms with E-state index in [2.05, 4.69) is 5.32 Å². The largest absolute Gasteiger partial charge is 0.497 e. The van der Waals surface area contributed by atoms with Crippen LogP contribution in [0, 0.1) is 0 Å². The number of methoxy groups -OCH3 is 2. The third-order valence-electron chi connectivity index (χ3n) is 3.39. The van der Waals surface area contributed by atoms with Crippen molar-refractivity contribution in [3.05, 3.63) is 58.6 Å². The van der Waals surface area contributed by atoms with Crippen LogP contribution in [-0.2, 0) is 11.0 Å². The predicted molar refractivity (Wildman–Crippen MR) is 93.7 cm³/mol. The molecule has 2 aromatic carbocycles. The van der Waals surface area contributed by atoms with Gasteiger partial charge >= 0.3 is 6.18 Å². The van der Waals surface area contributed by atoms with Gasteiger partial charge in [0.05, 0.1) is 30.5 Å². The van der Waals surface area contributed by atoms with Crippen LogP contribution in [0.1, 0.15) is 11.1 Å². The Hall–Kier alpha value is -2.67.